The molecule has 1 aromatic carbocycles. The molecule has 0 radical (unpaired) electrons. The maximum Gasteiger partial charge on any atom is 0.232 e. The van der Waals surface area contributed by atoms with Gasteiger partial charge in [-0.3, -0.25) is 4.79 Å². The SMILES string of the molecule is COc1ccc(Br)c(N2CC(CS(=O)(=O)Cl)CC2=O)c1. The van der Waals surface area contributed by atoms with Gasteiger partial charge in [-0.15, -0.1) is 0 Å². The number of nitrogens with zero attached hydrogens (tertiary/aromatic N) is 1. The van der Waals surface area contributed by atoms with E-state index in [1.54, 1.807) is 30.2 Å². The number of halogens is 2. The van der Waals surface area contributed by atoms with E-state index >= 15 is 0 Å². The second kappa shape index (κ2) is 5.91. The summed E-state index contributed by atoms with van der Waals surface area (Å²) >= 11 is 3.38. The summed E-state index contributed by atoms with van der Waals surface area (Å²) in [5, 5.41) is 0. The monoisotopic (exact) mass is 381 g/mol. The summed E-state index contributed by atoms with van der Waals surface area (Å²) in [5.41, 5.74) is 0.670. The average Bonchev–Trinajstić information content (AvgIpc) is 2.68. The summed E-state index contributed by atoms with van der Waals surface area (Å²) in [5.74, 6) is 0.0232. The maximum atomic E-state index is 12.0. The van der Waals surface area contributed by atoms with Crippen LogP contribution in [0.15, 0.2) is 22.7 Å². The zero-order valence-electron chi connectivity index (χ0n) is 10.7. The number of hydrogen-bond donors (Lipinski definition) is 0. The number of amides is 1. The molecule has 1 aliphatic rings. The quantitative estimate of drug-likeness (QED) is 0.750. The van der Waals surface area contributed by atoms with Gasteiger partial charge in [0.2, 0.25) is 15.0 Å². The lowest BCUT2D eigenvalue weighted by Gasteiger charge is -2.19. The third-order valence-corrected chi connectivity index (χ3v) is 5.00. The molecule has 1 atom stereocenters. The zero-order valence-corrected chi connectivity index (χ0v) is 13.8. The molecule has 1 fully saturated rings. The van der Waals surface area contributed by atoms with E-state index in [2.05, 4.69) is 15.9 Å². The largest absolute Gasteiger partial charge is 0.497 e. The van der Waals surface area contributed by atoms with Crippen molar-refractivity contribution in [2.75, 3.05) is 24.3 Å². The summed E-state index contributed by atoms with van der Waals surface area (Å²) in [6.07, 6.45) is 0.176. The first kappa shape index (κ1) is 15.6. The number of carbonyl (C=O) groups excluding carboxylic acids is 1. The Bertz CT molecular complexity index is 634. The first-order valence-corrected chi connectivity index (χ1v) is 9.13. The van der Waals surface area contributed by atoms with E-state index in [1.807, 2.05) is 0 Å². The highest BCUT2D eigenvalue weighted by Crippen LogP contribution is 2.34. The van der Waals surface area contributed by atoms with Gasteiger partial charge < -0.3 is 9.64 Å². The number of hydrogen-bond acceptors (Lipinski definition) is 4. The van der Waals surface area contributed by atoms with Gasteiger partial charge >= 0.3 is 0 Å². The molecule has 20 heavy (non-hydrogen) atoms. The van der Waals surface area contributed by atoms with E-state index in [1.165, 1.54) is 0 Å². The van der Waals surface area contributed by atoms with Crippen LogP contribution in [0.2, 0.25) is 0 Å². The molecule has 8 heteroatoms. The molecule has 0 spiro atoms. The Morgan fingerprint density at radius 2 is 2.20 bits per heavy atom. The molecule has 110 valence electrons. The topological polar surface area (TPSA) is 63.7 Å². The van der Waals surface area contributed by atoms with Crippen LogP contribution in [0.3, 0.4) is 0 Å². The Balaban J connectivity index is 2.24. The fourth-order valence-electron chi connectivity index (χ4n) is 2.23. The van der Waals surface area contributed by atoms with Crippen LogP contribution in [0.25, 0.3) is 0 Å². The van der Waals surface area contributed by atoms with Crippen LogP contribution in [0.4, 0.5) is 5.69 Å². The molecule has 1 aliphatic heterocycles. The van der Waals surface area contributed by atoms with E-state index in [4.69, 9.17) is 15.4 Å². The average molecular weight is 383 g/mol. The third kappa shape index (κ3) is 3.65. The minimum absolute atomic E-state index is 0.121. The lowest BCUT2D eigenvalue weighted by atomic mass is 10.1. The second-order valence-corrected chi connectivity index (χ2v) is 8.27. The van der Waals surface area contributed by atoms with Gasteiger partial charge in [0, 0.05) is 40.1 Å². The van der Waals surface area contributed by atoms with Crippen LogP contribution < -0.4 is 9.64 Å². The molecule has 1 aromatic rings. The number of ether oxygens (including phenoxy) is 1. The van der Waals surface area contributed by atoms with Gasteiger partial charge in [-0.2, -0.15) is 0 Å². The molecule has 0 aromatic heterocycles. The van der Waals surface area contributed by atoms with Crippen molar-refractivity contribution in [2.45, 2.75) is 6.42 Å². The van der Waals surface area contributed by atoms with Gasteiger partial charge in [0.15, 0.2) is 0 Å². The van der Waals surface area contributed by atoms with E-state index in [9.17, 15) is 13.2 Å². The first-order chi connectivity index (χ1) is 9.30. The second-order valence-electron chi connectivity index (χ2n) is 4.60. The minimum Gasteiger partial charge on any atom is -0.497 e. The van der Waals surface area contributed by atoms with Crippen molar-refractivity contribution in [2.24, 2.45) is 5.92 Å². The molecule has 5 nitrogen and oxygen atoms in total. The summed E-state index contributed by atoms with van der Waals surface area (Å²) in [7, 11) is 3.19. The maximum absolute atomic E-state index is 12.0. The summed E-state index contributed by atoms with van der Waals surface area (Å²) < 4.78 is 28.1. The highest BCUT2D eigenvalue weighted by atomic mass is 79.9. The lowest BCUT2D eigenvalue weighted by molar-refractivity contribution is -0.117. The van der Waals surface area contributed by atoms with Crippen LogP contribution in [-0.2, 0) is 13.8 Å². The molecule has 0 saturated carbocycles. The van der Waals surface area contributed by atoms with Gasteiger partial charge in [-0.25, -0.2) is 8.42 Å². The molecule has 1 unspecified atom stereocenters. The number of methoxy groups -OCH3 is 1. The van der Waals surface area contributed by atoms with E-state index in [0.29, 0.717) is 18.0 Å². The van der Waals surface area contributed by atoms with Gasteiger partial charge in [-0.1, -0.05) is 0 Å². The smallest absolute Gasteiger partial charge is 0.232 e. The van der Waals surface area contributed by atoms with Gasteiger partial charge in [0.1, 0.15) is 5.75 Å². The molecule has 0 bridgehead atoms. The third-order valence-electron chi connectivity index (χ3n) is 3.08. The van der Waals surface area contributed by atoms with Gasteiger partial charge in [0.05, 0.1) is 18.6 Å². The van der Waals surface area contributed by atoms with Crippen molar-refractivity contribution in [3.63, 3.8) is 0 Å². The normalized spacial score (nSPS) is 19.4. The van der Waals surface area contributed by atoms with Gasteiger partial charge in [-0.05, 0) is 28.1 Å². The Hall–Kier alpha value is -0.790. The standard InChI is InChI=1S/C12H13BrClNO4S/c1-19-9-2-3-10(13)11(5-9)15-6-8(4-12(15)16)7-20(14,17)18/h2-3,5,8H,4,6-7H2,1H3. The van der Waals surface area contributed by atoms with Crippen molar-refractivity contribution in [3.8, 4) is 5.75 Å². The van der Waals surface area contributed by atoms with E-state index in [0.717, 1.165) is 4.47 Å². The molecule has 1 saturated heterocycles. The zero-order chi connectivity index (χ0) is 14.9. The minimum atomic E-state index is -3.60. The van der Waals surface area contributed by atoms with E-state index < -0.39 is 9.05 Å². The number of carbonyl (C=O) groups is 1. The molecule has 0 aliphatic carbocycles. The molecule has 2 rings (SSSR count). The highest BCUT2D eigenvalue weighted by Gasteiger charge is 2.34. The van der Waals surface area contributed by atoms with Crippen LogP contribution in [0.1, 0.15) is 6.42 Å². The molecule has 0 N–H and O–H groups in total. The van der Waals surface area contributed by atoms with Crippen LogP contribution in [-0.4, -0.2) is 33.7 Å². The number of anilines is 1. The summed E-state index contributed by atoms with van der Waals surface area (Å²) in [6.45, 7) is 0.330. The number of rotatable bonds is 4. The Labute approximate surface area is 130 Å². The van der Waals surface area contributed by atoms with Crippen LogP contribution >= 0.6 is 26.6 Å². The predicted octanol–water partition coefficient (Wildman–Crippen LogP) is 2.38. The first-order valence-electron chi connectivity index (χ1n) is 5.86. The Morgan fingerprint density at radius 3 is 2.80 bits per heavy atom. The van der Waals surface area contributed by atoms with Crippen molar-refractivity contribution >= 4 is 47.3 Å². The van der Waals surface area contributed by atoms with Crippen molar-refractivity contribution < 1.29 is 17.9 Å². The van der Waals surface area contributed by atoms with Crippen molar-refractivity contribution in [1.82, 2.24) is 0 Å². The molecular weight excluding hydrogens is 370 g/mol. The molecular formula is C12H13BrClNO4S. The van der Waals surface area contributed by atoms with Crippen molar-refractivity contribution in [1.29, 1.82) is 0 Å². The molecule has 1 amide bonds. The fourth-order valence-corrected chi connectivity index (χ4v) is 4.02. The number of benzene rings is 1. The summed E-state index contributed by atoms with van der Waals surface area (Å²) in [6, 6.07) is 5.29. The lowest BCUT2D eigenvalue weighted by Crippen LogP contribution is -2.25. The Kier molecular flexibility index (Phi) is 4.61. The Morgan fingerprint density at radius 1 is 1.50 bits per heavy atom. The van der Waals surface area contributed by atoms with Crippen LogP contribution in [0, 0.1) is 5.92 Å². The molecule has 1 heterocycles. The van der Waals surface area contributed by atoms with Crippen LogP contribution in [0.5, 0.6) is 5.75 Å². The van der Waals surface area contributed by atoms with Crippen molar-refractivity contribution in [3.05, 3.63) is 22.7 Å². The predicted molar refractivity (Wildman–Crippen MR) is 80.8 cm³/mol. The highest BCUT2D eigenvalue weighted by molar-refractivity contribution is 9.10. The van der Waals surface area contributed by atoms with Gasteiger partial charge in [0.25, 0.3) is 0 Å². The summed E-state index contributed by atoms with van der Waals surface area (Å²) in [4.78, 5) is 13.6. The van der Waals surface area contributed by atoms with E-state index in [-0.39, 0.29) is 24.0 Å². The fraction of sp³-hybridized carbons (Fsp3) is 0.417.